The normalized spacial score (nSPS) is 16.1. The molecule has 1 aromatic carbocycles. The lowest BCUT2D eigenvalue weighted by Gasteiger charge is -2.26. The van der Waals surface area contributed by atoms with Gasteiger partial charge in [-0.25, -0.2) is 23.4 Å². The van der Waals surface area contributed by atoms with Gasteiger partial charge in [0.05, 0.1) is 15.9 Å². The Morgan fingerprint density at radius 3 is 2.39 bits per heavy atom. The standard InChI is InChI=1S/C23H30N4O3S/c1-5-21-24-13-18(14-25-21)31(28,29)17-6-7-20-19(12-17)26-22(23(2,3)4)27(20)15-16-8-10-30-11-9-16/h6-7,12-14,16H,5,8-11,15H2,1-4H3. The third-order valence-electron chi connectivity index (χ3n) is 5.79. The minimum Gasteiger partial charge on any atom is -0.381 e. The molecule has 0 spiro atoms. The molecule has 0 atom stereocenters. The SMILES string of the molecule is CCc1ncc(S(=O)(=O)c2ccc3c(c2)nc(C(C)(C)C)n3CC2CCOCC2)cn1. The summed E-state index contributed by atoms with van der Waals surface area (Å²) in [7, 11) is -3.71. The van der Waals surface area contributed by atoms with Gasteiger partial charge in [-0.1, -0.05) is 27.7 Å². The van der Waals surface area contributed by atoms with Crippen LogP contribution in [0.15, 0.2) is 40.4 Å². The summed E-state index contributed by atoms with van der Waals surface area (Å²) in [6, 6.07) is 5.22. The topological polar surface area (TPSA) is 87.0 Å². The van der Waals surface area contributed by atoms with Gasteiger partial charge >= 0.3 is 0 Å². The molecule has 0 radical (unpaired) electrons. The van der Waals surface area contributed by atoms with Gasteiger partial charge in [-0.3, -0.25) is 0 Å². The van der Waals surface area contributed by atoms with Gasteiger partial charge in [0.25, 0.3) is 0 Å². The molecule has 7 nitrogen and oxygen atoms in total. The van der Waals surface area contributed by atoms with Crippen LogP contribution in [0.5, 0.6) is 0 Å². The molecule has 0 amide bonds. The van der Waals surface area contributed by atoms with E-state index in [0.717, 1.165) is 43.9 Å². The molecule has 4 rings (SSSR count). The zero-order valence-electron chi connectivity index (χ0n) is 18.6. The molecule has 3 aromatic rings. The van der Waals surface area contributed by atoms with E-state index >= 15 is 0 Å². The number of nitrogens with zero attached hydrogens (tertiary/aromatic N) is 4. The number of hydrogen-bond donors (Lipinski definition) is 0. The summed E-state index contributed by atoms with van der Waals surface area (Å²) >= 11 is 0. The Morgan fingerprint density at radius 1 is 1.10 bits per heavy atom. The van der Waals surface area contributed by atoms with Crippen LogP contribution < -0.4 is 0 Å². The van der Waals surface area contributed by atoms with Crippen molar-refractivity contribution in [3.63, 3.8) is 0 Å². The summed E-state index contributed by atoms with van der Waals surface area (Å²) in [5, 5.41) is 0. The summed E-state index contributed by atoms with van der Waals surface area (Å²) in [6.07, 6.45) is 5.49. The van der Waals surface area contributed by atoms with Crippen LogP contribution in [-0.2, 0) is 33.0 Å². The number of ether oxygens (including phenoxy) is 1. The lowest BCUT2D eigenvalue weighted by molar-refractivity contribution is 0.0611. The van der Waals surface area contributed by atoms with Crippen molar-refractivity contribution in [2.45, 2.75) is 68.7 Å². The second kappa shape index (κ2) is 8.31. The van der Waals surface area contributed by atoms with Gasteiger partial charge in [0.2, 0.25) is 9.84 Å². The third-order valence-corrected chi connectivity index (χ3v) is 7.50. The zero-order valence-corrected chi connectivity index (χ0v) is 19.4. The molecule has 0 saturated carbocycles. The van der Waals surface area contributed by atoms with E-state index in [2.05, 4.69) is 35.3 Å². The first-order valence-electron chi connectivity index (χ1n) is 10.8. The van der Waals surface area contributed by atoms with E-state index in [0.29, 0.717) is 23.7 Å². The molecule has 0 aliphatic carbocycles. The molecular formula is C23H30N4O3S. The molecule has 1 aliphatic heterocycles. The number of imidazole rings is 1. The van der Waals surface area contributed by atoms with Crippen LogP contribution in [0, 0.1) is 5.92 Å². The molecule has 2 aromatic heterocycles. The fourth-order valence-corrected chi connectivity index (χ4v) is 5.19. The molecule has 0 unspecified atom stereocenters. The van der Waals surface area contributed by atoms with E-state index < -0.39 is 9.84 Å². The molecular weight excluding hydrogens is 412 g/mol. The van der Waals surface area contributed by atoms with E-state index in [4.69, 9.17) is 9.72 Å². The third kappa shape index (κ3) is 4.36. The van der Waals surface area contributed by atoms with Crippen molar-refractivity contribution in [2.75, 3.05) is 13.2 Å². The van der Waals surface area contributed by atoms with Crippen LogP contribution in [0.3, 0.4) is 0 Å². The van der Waals surface area contributed by atoms with Crippen LogP contribution in [0.2, 0.25) is 0 Å². The molecule has 1 aliphatic rings. The van der Waals surface area contributed by atoms with E-state index in [-0.39, 0.29) is 15.2 Å². The van der Waals surface area contributed by atoms with Gasteiger partial charge in [-0.15, -0.1) is 0 Å². The van der Waals surface area contributed by atoms with Gasteiger partial charge in [0.15, 0.2) is 0 Å². The maximum Gasteiger partial charge on any atom is 0.209 e. The summed E-state index contributed by atoms with van der Waals surface area (Å²) < 4.78 is 34.1. The zero-order chi connectivity index (χ0) is 22.2. The van der Waals surface area contributed by atoms with Crippen molar-refractivity contribution < 1.29 is 13.2 Å². The van der Waals surface area contributed by atoms with Crippen molar-refractivity contribution in [3.05, 3.63) is 42.2 Å². The number of fused-ring (bicyclic) bond motifs is 1. The van der Waals surface area contributed by atoms with Gasteiger partial charge < -0.3 is 9.30 Å². The summed E-state index contributed by atoms with van der Waals surface area (Å²) in [5.41, 5.74) is 1.50. The van der Waals surface area contributed by atoms with Crippen molar-refractivity contribution >= 4 is 20.9 Å². The first kappa shape index (κ1) is 21.9. The second-order valence-corrected chi connectivity index (χ2v) is 11.1. The predicted octanol–water partition coefficient (Wildman–Crippen LogP) is 3.95. The van der Waals surface area contributed by atoms with Gasteiger partial charge in [-0.05, 0) is 37.0 Å². The van der Waals surface area contributed by atoms with Crippen LogP contribution in [0.4, 0.5) is 0 Å². The highest BCUT2D eigenvalue weighted by Crippen LogP contribution is 2.31. The van der Waals surface area contributed by atoms with Gasteiger partial charge in [0.1, 0.15) is 16.5 Å². The van der Waals surface area contributed by atoms with Crippen molar-refractivity contribution in [2.24, 2.45) is 5.92 Å². The van der Waals surface area contributed by atoms with E-state index in [1.807, 2.05) is 13.0 Å². The number of aromatic nitrogens is 4. The van der Waals surface area contributed by atoms with Crippen LogP contribution >= 0.6 is 0 Å². The molecule has 31 heavy (non-hydrogen) atoms. The number of rotatable bonds is 5. The first-order chi connectivity index (χ1) is 14.7. The molecule has 166 valence electrons. The molecule has 3 heterocycles. The Balaban J connectivity index is 1.76. The van der Waals surface area contributed by atoms with Crippen LogP contribution in [0.25, 0.3) is 11.0 Å². The molecule has 8 heteroatoms. The van der Waals surface area contributed by atoms with Crippen LogP contribution in [-0.4, -0.2) is 41.2 Å². The fourth-order valence-electron chi connectivity index (χ4n) is 4.02. The minimum atomic E-state index is -3.71. The maximum atomic E-state index is 13.2. The average molecular weight is 443 g/mol. The monoisotopic (exact) mass is 442 g/mol. The van der Waals surface area contributed by atoms with E-state index in [1.165, 1.54) is 12.4 Å². The Bertz CT molecular complexity index is 1170. The van der Waals surface area contributed by atoms with Crippen molar-refractivity contribution in [3.8, 4) is 0 Å². The lowest BCUT2D eigenvalue weighted by atomic mass is 9.94. The highest BCUT2D eigenvalue weighted by molar-refractivity contribution is 7.91. The number of hydrogen-bond acceptors (Lipinski definition) is 6. The van der Waals surface area contributed by atoms with E-state index in [1.54, 1.807) is 12.1 Å². The summed E-state index contributed by atoms with van der Waals surface area (Å²) in [4.78, 5) is 13.5. The Hall–Kier alpha value is -2.32. The second-order valence-electron chi connectivity index (χ2n) is 9.19. The summed E-state index contributed by atoms with van der Waals surface area (Å²) in [5.74, 6) is 2.13. The highest BCUT2D eigenvalue weighted by atomic mass is 32.2. The van der Waals surface area contributed by atoms with Crippen molar-refractivity contribution in [1.82, 2.24) is 19.5 Å². The quantitative estimate of drug-likeness (QED) is 0.595. The van der Waals surface area contributed by atoms with Crippen molar-refractivity contribution in [1.29, 1.82) is 0 Å². The van der Waals surface area contributed by atoms with Gasteiger partial charge in [-0.2, -0.15) is 0 Å². The number of benzene rings is 1. The van der Waals surface area contributed by atoms with Gasteiger partial charge in [0, 0.05) is 44.0 Å². The fraction of sp³-hybridized carbons (Fsp3) is 0.522. The molecule has 1 saturated heterocycles. The van der Waals surface area contributed by atoms with E-state index in [9.17, 15) is 8.42 Å². The summed E-state index contributed by atoms with van der Waals surface area (Å²) in [6.45, 7) is 10.8. The highest BCUT2D eigenvalue weighted by Gasteiger charge is 2.27. The van der Waals surface area contributed by atoms with Crippen LogP contribution in [0.1, 0.15) is 52.2 Å². The molecule has 0 N–H and O–H groups in total. The predicted molar refractivity (Wildman–Crippen MR) is 119 cm³/mol. The smallest absolute Gasteiger partial charge is 0.209 e. The Morgan fingerprint density at radius 2 is 1.77 bits per heavy atom. The average Bonchev–Trinajstić information content (AvgIpc) is 3.13. The minimum absolute atomic E-state index is 0.0988. The maximum absolute atomic E-state index is 13.2. The number of aryl methyl sites for hydroxylation is 1. The molecule has 1 fully saturated rings. The number of sulfone groups is 1. The largest absolute Gasteiger partial charge is 0.381 e. The molecule has 0 bridgehead atoms. The first-order valence-corrected chi connectivity index (χ1v) is 12.3. The lowest BCUT2D eigenvalue weighted by Crippen LogP contribution is -2.25. The Labute approximate surface area is 183 Å². The Kier molecular flexibility index (Phi) is 5.87.